The lowest BCUT2D eigenvalue weighted by molar-refractivity contribution is -0.0178. The van der Waals surface area contributed by atoms with Crippen LogP contribution < -0.4 is 10.5 Å². The summed E-state index contributed by atoms with van der Waals surface area (Å²) in [5.41, 5.74) is 8.96. The maximum atomic E-state index is 5.99. The van der Waals surface area contributed by atoms with E-state index in [1.807, 2.05) is 12.1 Å². The SMILES string of the molecule is CN(Cc1cc(N)cc2c1OCOC2)C1CCOCC1. The molecule has 2 aliphatic rings. The van der Waals surface area contributed by atoms with Gasteiger partial charge in [-0.05, 0) is 32.0 Å². The number of nitrogen functional groups attached to an aromatic ring is 1. The Morgan fingerprint density at radius 1 is 1.25 bits per heavy atom. The molecule has 20 heavy (non-hydrogen) atoms. The summed E-state index contributed by atoms with van der Waals surface area (Å²) in [6, 6.07) is 4.52. The van der Waals surface area contributed by atoms with Crippen molar-refractivity contribution in [2.24, 2.45) is 0 Å². The van der Waals surface area contributed by atoms with Gasteiger partial charge in [0.1, 0.15) is 5.75 Å². The minimum absolute atomic E-state index is 0.324. The fraction of sp³-hybridized carbons (Fsp3) is 0.600. The molecule has 0 atom stereocenters. The van der Waals surface area contributed by atoms with E-state index < -0.39 is 0 Å². The Bertz CT molecular complexity index is 472. The Kier molecular flexibility index (Phi) is 4.10. The van der Waals surface area contributed by atoms with Crippen LogP contribution in [0.25, 0.3) is 0 Å². The zero-order valence-electron chi connectivity index (χ0n) is 11.9. The highest BCUT2D eigenvalue weighted by molar-refractivity contribution is 5.53. The molecule has 110 valence electrons. The largest absolute Gasteiger partial charge is 0.467 e. The van der Waals surface area contributed by atoms with Crippen LogP contribution >= 0.6 is 0 Å². The van der Waals surface area contributed by atoms with E-state index in [4.69, 9.17) is 19.9 Å². The molecule has 0 amide bonds. The molecular weight excluding hydrogens is 256 g/mol. The summed E-state index contributed by atoms with van der Waals surface area (Å²) in [6.45, 7) is 3.46. The second-order valence-corrected chi connectivity index (χ2v) is 5.54. The van der Waals surface area contributed by atoms with Crippen LogP contribution in [0.15, 0.2) is 12.1 Å². The molecule has 0 unspecified atom stereocenters. The Morgan fingerprint density at radius 3 is 2.85 bits per heavy atom. The van der Waals surface area contributed by atoms with Gasteiger partial charge in [-0.25, -0.2) is 0 Å². The molecule has 2 N–H and O–H groups in total. The molecule has 0 aromatic heterocycles. The minimum atomic E-state index is 0.324. The molecule has 0 aliphatic carbocycles. The maximum Gasteiger partial charge on any atom is 0.189 e. The average molecular weight is 278 g/mol. The average Bonchev–Trinajstić information content (AvgIpc) is 2.48. The highest BCUT2D eigenvalue weighted by Crippen LogP contribution is 2.32. The van der Waals surface area contributed by atoms with E-state index in [1.54, 1.807) is 0 Å². The van der Waals surface area contributed by atoms with Gasteiger partial charge in [0.25, 0.3) is 0 Å². The smallest absolute Gasteiger partial charge is 0.189 e. The molecule has 1 fully saturated rings. The molecule has 5 nitrogen and oxygen atoms in total. The van der Waals surface area contributed by atoms with Crippen LogP contribution in [0.4, 0.5) is 5.69 Å². The highest BCUT2D eigenvalue weighted by Gasteiger charge is 2.22. The second kappa shape index (κ2) is 5.99. The first kappa shape index (κ1) is 13.7. The first-order chi connectivity index (χ1) is 9.74. The topological polar surface area (TPSA) is 57.0 Å². The number of hydrogen-bond acceptors (Lipinski definition) is 5. The molecule has 0 spiro atoms. The lowest BCUT2D eigenvalue weighted by Crippen LogP contribution is -2.36. The molecule has 0 bridgehead atoms. The van der Waals surface area contributed by atoms with E-state index in [0.29, 0.717) is 19.4 Å². The Balaban J connectivity index is 1.77. The fourth-order valence-corrected chi connectivity index (χ4v) is 2.97. The molecule has 0 saturated carbocycles. The third-order valence-electron chi connectivity index (χ3n) is 4.04. The number of rotatable bonds is 3. The van der Waals surface area contributed by atoms with Crippen LogP contribution in [0.3, 0.4) is 0 Å². The number of anilines is 1. The first-order valence-electron chi connectivity index (χ1n) is 7.14. The molecule has 3 rings (SSSR count). The van der Waals surface area contributed by atoms with Gasteiger partial charge in [-0.2, -0.15) is 0 Å². The summed E-state index contributed by atoms with van der Waals surface area (Å²) < 4.78 is 16.4. The predicted octanol–water partition coefficient (Wildman–Crippen LogP) is 1.75. The van der Waals surface area contributed by atoms with Gasteiger partial charge in [-0.1, -0.05) is 0 Å². The van der Waals surface area contributed by atoms with E-state index in [1.165, 1.54) is 0 Å². The summed E-state index contributed by atoms with van der Waals surface area (Å²) in [4.78, 5) is 2.37. The van der Waals surface area contributed by atoms with E-state index in [9.17, 15) is 0 Å². The van der Waals surface area contributed by atoms with Gasteiger partial charge in [-0.3, -0.25) is 4.90 Å². The van der Waals surface area contributed by atoms with E-state index in [-0.39, 0.29) is 0 Å². The second-order valence-electron chi connectivity index (χ2n) is 5.54. The van der Waals surface area contributed by atoms with E-state index >= 15 is 0 Å². The molecule has 2 heterocycles. The standard InChI is InChI=1S/C15H22N2O3/c1-17(14-2-4-18-5-3-14)8-11-6-13(16)7-12-9-19-10-20-15(11)12/h6-7,14H,2-5,8-10,16H2,1H3. The van der Waals surface area contributed by atoms with Crippen LogP contribution in [0.1, 0.15) is 24.0 Å². The molecule has 1 saturated heterocycles. The monoisotopic (exact) mass is 278 g/mol. The predicted molar refractivity (Wildman–Crippen MR) is 76.4 cm³/mol. The summed E-state index contributed by atoms with van der Waals surface area (Å²) >= 11 is 0. The van der Waals surface area contributed by atoms with Crippen LogP contribution in [0.5, 0.6) is 5.75 Å². The number of nitrogens with zero attached hydrogens (tertiary/aromatic N) is 1. The van der Waals surface area contributed by atoms with Crippen molar-refractivity contribution in [1.29, 1.82) is 0 Å². The van der Waals surface area contributed by atoms with Crippen LogP contribution in [0, 0.1) is 0 Å². The Hall–Kier alpha value is -1.30. The summed E-state index contributed by atoms with van der Waals surface area (Å²) in [6.07, 6.45) is 2.18. The normalized spacial score (nSPS) is 19.7. The van der Waals surface area contributed by atoms with Gasteiger partial charge in [0, 0.05) is 42.6 Å². The van der Waals surface area contributed by atoms with Gasteiger partial charge >= 0.3 is 0 Å². The molecule has 2 aliphatic heterocycles. The van der Waals surface area contributed by atoms with Crippen LogP contribution in [-0.4, -0.2) is 38.0 Å². The molecular formula is C15H22N2O3. The molecule has 5 heteroatoms. The third kappa shape index (κ3) is 2.90. The molecule has 0 radical (unpaired) electrons. The fourth-order valence-electron chi connectivity index (χ4n) is 2.97. The zero-order chi connectivity index (χ0) is 13.9. The number of hydrogen-bond donors (Lipinski definition) is 1. The molecule has 1 aromatic rings. The first-order valence-corrected chi connectivity index (χ1v) is 7.14. The quantitative estimate of drug-likeness (QED) is 0.854. The van der Waals surface area contributed by atoms with Crippen molar-refractivity contribution >= 4 is 5.69 Å². The van der Waals surface area contributed by atoms with Crippen molar-refractivity contribution in [2.45, 2.75) is 32.0 Å². The van der Waals surface area contributed by atoms with Crippen molar-refractivity contribution in [3.63, 3.8) is 0 Å². The third-order valence-corrected chi connectivity index (χ3v) is 4.04. The van der Waals surface area contributed by atoms with Gasteiger partial charge in [-0.15, -0.1) is 0 Å². The lowest BCUT2D eigenvalue weighted by Gasteiger charge is -2.32. The summed E-state index contributed by atoms with van der Waals surface area (Å²) in [5, 5.41) is 0. The van der Waals surface area contributed by atoms with Gasteiger partial charge in [0.05, 0.1) is 6.61 Å². The van der Waals surface area contributed by atoms with Gasteiger partial charge in [0.2, 0.25) is 0 Å². The number of ether oxygens (including phenoxy) is 3. The van der Waals surface area contributed by atoms with E-state index in [0.717, 1.165) is 55.2 Å². The number of nitrogens with two attached hydrogens (primary N) is 1. The van der Waals surface area contributed by atoms with Crippen molar-refractivity contribution in [3.05, 3.63) is 23.3 Å². The summed E-state index contributed by atoms with van der Waals surface area (Å²) in [5.74, 6) is 0.948. The van der Waals surface area contributed by atoms with Crippen molar-refractivity contribution in [2.75, 3.05) is 32.8 Å². The van der Waals surface area contributed by atoms with Crippen LogP contribution in [-0.2, 0) is 22.6 Å². The van der Waals surface area contributed by atoms with Crippen molar-refractivity contribution < 1.29 is 14.2 Å². The van der Waals surface area contributed by atoms with Crippen molar-refractivity contribution in [1.82, 2.24) is 4.90 Å². The van der Waals surface area contributed by atoms with Gasteiger partial charge < -0.3 is 19.9 Å². The minimum Gasteiger partial charge on any atom is -0.467 e. The summed E-state index contributed by atoms with van der Waals surface area (Å²) in [7, 11) is 2.16. The number of benzene rings is 1. The van der Waals surface area contributed by atoms with Crippen molar-refractivity contribution in [3.8, 4) is 5.75 Å². The van der Waals surface area contributed by atoms with E-state index in [2.05, 4.69) is 11.9 Å². The zero-order valence-corrected chi connectivity index (χ0v) is 11.9. The van der Waals surface area contributed by atoms with Gasteiger partial charge in [0.15, 0.2) is 6.79 Å². The Morgan fingerprint density at radius 2 is 2.05 bits per heavy atom. The Labute approximate surface area is 119 Å². The molecule has 1 aromatic carbocycles. The van der Waals surface area contributed by atoms with Crippen LogP contribution in [0.2, 0.25) is 0 Å². The maximum absolute atomic E-state index is 5.99. The lowest BCUT2D eigenvalue weighted by atomic mass is 10.0. The number of fused-ring (bicyclic) bond motifs is 1. The highest BCUT2D eigenvalue weighted by atomic mass is 16.7.